The summed E-state index contributed by atoms with van der Waals surface area (Å²) in [5.74, 6) is 0.517. The molecule has 0 spiro atoms. The summed E-state index contributed by atoms with van der Waals surface area (Å²) < 4.78 is 1.76. The molecule has 0 saturated heterocycles. The van der Waals surface area contributed by atoms with Crippen LogP contribution in [0.3, 0.4) is 0 Å². The minimum atomic E-state index is -0.175. The van der Waals surface area contributed by atoms with E-state index in [-0.39, 0.29) is 5.91 Å². The molecule has 6 heteroatoms. The molecular weight excluding hydrogens is 302 g/mol. The third kappa shape index (κ3) is 3.48. The van der Waals surface area contributed by atoms with E-state index in [1.807, 2.05) is 45.0 Å². The third-order valence-corrected chi connectivity index (χ3v) is 3.61. The van der Waals surface area contributed by atoms with Crippen molar-refractivity contribution in [3.63, 3.8) is 0 Å². The zero-order chi connectivity index (χ0) is 17.1. The van der Waals surface area contributed by atoms with Gasteiger partial charge < -0.3 is 5.32 Å². The van der Waals surface area contributed by atoms with E-state index >= 15 is 0 Å². The Balaban J connectivity index is 1.69. The van der Waals surface area contributed by atoms with E-state index in [4.69, 9.17) is 0 Å². The predicted molar refractivity (Wildman–Crippen MR) is 91.0 cm³/mol. The molecule has 6 nitrogen and oxygen atoms in total. The summed E-state index contributed by atoms with van der Waals surface area (Å²) in [7, 11) is 0. The highest BCUT2D eigenvalue weighted by atomic mass is 16.1. The number of aromatic nitrogens is 4. The first-order valence-electron chi connectivity index (χ1n) is 7.73. The Labute approximate surface area is 140 Å². The summed E-state index contributed by atoms with van der Waals surface area (Å²) in [5, 5.41) is 7.24. The molecule has 0 bridgehead atoms. The molecule has 0 saturated carbocycles. The maximum Gasteiger partial charge on any atom is 0.253 e. The second-order valence-electron chi connectivity index (χ2n) is 5.70. The number of carbonyl (C=O) groups is 1. The summed E-state index contributed by atoms with van der Waals surface area (Å²) in [6.07, 6.45) is 1.56. The Morgan fingerprint density at radius 1 is 1.12 bits per heavy atom. The molecular formula is C18H19N5O. The number of amides is 1. The standard InChI is InChI=1S/C18H19N5O/c1-12-5-4-6-16(21-12)11-20-18(24)15-7-8-17(19-10-15)23-14(3)9-13(2)22-23/h4-10H,11H2,1-3H3,(H,20,24). The number of nitrogens with one attached hydrogen (secondary N) is 1. The van der Waals surface area contributed by atoms with Crippen molar-refractivity contribution in [3.05, 3.63) is 70.9 Å². The van der Waals surface area contributed by atoms with Crippen molar-refractivity contribution >= 4 is 5.91 Å². The quantitative estimate of drug-likeness (QED) is 0.801. The van der Waals surface area contributed by atoms with E-state index < -0.39 is 0 Å². The van der Waals surface area contributed by atoms with Gasteiger partial charge in [-0.1, -0.05) is 6.07 Å². The predicted octanol–water partition coefficient (Wildman–Crippen LogP) is 2.52. The first-order valence-corrected chi connectivity index (χ1v) is 7.73. The van der Waals surface area contributed by atoms with Crippen LogP contribution in [0.25, 0.3) is 5.82 Å². The Hall–Kier alpha value is -3.02. The molecule has 1 amide bonds. The van der Waals surface area contributed by atoms with Crippen LogP contribution in [0.5, 0.6) is 0 Å². The Morgan fingerprint density at radius 2 is 1.96 bits per heavy atom. The lowest BCUT2D eigenvalue weighted by Gasteiger charge is -2.07. The highest BCUT2D eigenvalue weighted by Gasteiger charge is 2.09. The topological polar surface area (TPSA) is 72.7 Å². The van der Waals surface area contributed by atoms with Crippen LogP contribution in [0.4, 0.5) is 0 Å². The smallest absolute Gasteiger partial charge is 0.253 e. The van der Waals surface area contributed by atoms with Crippen molar-refractivity contribution in [2.24, 2.45) is 0 Å². The van der Waals surface area contributed by atoms with Crippen molar-refractivity contribution in [1.29, 1.82) is 0 Å². The molecule has 3 aromatic heterocycles. The molecule has 122 valence electrons. The molecule has 0 atom stereocenters. The monoisotopic (exact) mass is 321 g/mol. The van der Waals surface area contributed by atoms with Gasteiger partial charge in [-0.25, -0.2) is 9.67 Å². The summed E-state index contributed by atoms with van der Waals surface area (Å²) in [4.78, 5) is 20.9. The van der Waals surface area contributed by atoms with Gasteiger partial charge in [-0.3, -0.25) is 9.78 Å². The van der Waals surface area contributed by atoms with Crippen LogP contribution in [0.1, 0.15) is 33.1 Å². The van der Waals surface area contributed by atoms with Crippen LogP contribution < -0.4 is 5.32 Å². The highest BCUT2D eigenvalue weighted by Crippen LogP contribution is 2.10. The number of nitrogens with zero attached hydrogens (tertiary/aromatic N) is 4. The van der Waals surface area contributed by atoms with Gasteiger partial charge >= 0.3 is 0 Å². The number of rotatable bonds is 4. The van der Waals surface area contributed by atoms with Gasteiger partial charge in [0.05, 0.1) is 23.5 Å². The van der Waals surface area contributed by atoms with Gasteiger partial charge in [0.15, 0.2) is 5.82 Å². The zero-order valence-corrected chi connectivity index (χ0v) is 13.9. The van der Waals surface area contributed by atoms with Crippen molar-refractivity contribution in [2.75, 3.05) is 0 Å². The SMILES string of the molecule is Cc1cccc(CNC(=O)c2ccc(-n3nc(C)cc3C)nc2)n1. The minimum Gasteiger partial charge on any atom is -0.346 e. The molecule has 3 aromatic rings. The Bertz CT molecular complexity index is 867. The van der Waals surface area contributed by atoms with Crippen LogP contribution >= 0.6 is 0 Å². The number of aryl methyl sites for hydroxylation is 3. The molecule has 1 N–H and O–H groups in total. The number of pyridine rings is 2. The van der Waals surface area contributed by atoms with E-state index in [2.05, 4.69) is 20.4 Å². The molecule has 0 aliphatic carbocycles. The number of hydrogen-bond acceptors (Lipinski definition) is 4. The van der Waals surface area contributed by atoms with Crippen molar-refractivity contribution in [3.8, 4) is 5.82 Å². The Kier molecular flexibility index (Phi) is 4.37. The summed E-state index contributed by atoms with van der Waals surface area (Å²) in [6, 6.07) is 11.3. The maximum atomic E-state index is 12.2. The molecule has 0 radical (unpaired) electrons. The first-order chi connectivity index (χ1) is 11.5. The van der Waals surface area contributed by atoms with E-state index in [0.29, 0.717) is 17.9 Å². The van der Waals surface area contributed by atoms with Crippen LogP contribution in [0, 0.1) is 20.8 Å². The van der Waals surface area contributed by atoms with Gasteiger partial charge in [0, 0.05) is 17.6 Å². The molecule has 3 rings (SSSR count). The lowest BCUT2D eigenvalue weighted by molar-refractivity contribution is 0.0950. The van der Waals surface area contributed by atoms with Gasteiger partial charge in [-0.2, -0.15) is 5.10 Å². The van der Waals surface area contributed by atoms with Gasteiger partial charge in [0.2, 0.25) is 0 Å². The van der Waals surface area contributed by atoms with Gasteiger partial charge in [0.1, 0.15) is 0 Å². The number of hydrogen-bond donors (Lipinski definition) is 1. The molecule has 0 aliphatic rings. The third-order valence-electron chi connectivity index (χ3n) is 3.61. The molecule has 0 aromatic carbocycles. The van der Waals surface area contributed by atoms with E-state index in [1.54, 1.807) is 23.0 Å². The zero-order valence-electron chi connectivity index (χ0n) is 13.9. The van der Waals surface area contributed by atoms with Gasteiger partial charge in [-0.15, -0.1) is 0 Å². The van der Waals surface area contributed by atoms with Crippen molar-refractivity contribution in [1.82, 2.24) is 25.1 Å². The Morgan fingerprint density at radius 3 is 2.58 bits per heavy atom. The highest BCUT2D eigenvalue weighted by molar-refractivity contribution is 5.93. The van der Waals surface area contributed by atoms with Crippen LogP contribution in [0.2, 0.25) is 0 Å². The fourth-order valence-corrected chi connectivity index (χ4v) is 2.48. The molecule has 0 unspecified atom stereocenters. The second kappa shape index (κ2) is 6.62. The van der Waals surface area contributed by atoms with Crippen LogP contribution in [-0.4, -0.2) is 25.7 Å². The molecule has 0 fully saturated rings. The first kappa shape index (κ1) is 15.9. The summed E-state index contributed by atoms with van der Waals surface area (Å²) >= 11 is 0. The average Bonchev–Trinajstić information content (AvgIpc) is 2.91. The van der Waals surface area contributed by atoms with Gasteiger partial charge in [0.25, 0.3) is 5.91 Å². The normalized spacial score (nSPS) is 10.6. The lowest BCUT2D eigenvalue weighted by atomic mass is 10.2. The summed E-state index contributed by atoms with van der Waals surface area (Å²) in [6.45, 7) is 6.22. The summed E-state index contributed by atoms with van der Waals surface area (Å²) in [5.41, 5.74) is 4.20. The molecule has 0 aliphatic heterocycles. The molecule has 24 heavy (non-hydrogen) atoms. The lowest BCUT2D eigenvalue weighted by Crippen LogP contribution is -2.23. The van der Waals surface area contributed by atoms with E-state index in [9.17, 15) is 4.79 Å². The van der Waals surface area contributed by atoms with Crippen molar-refractivity contribution in [2.45, 2.75) is 27.3 Å². The number of carbonyl (C=O) groups excluding carboxylic acids is 1. The second-order valence-corrected chi connectivity index (χ2v) is 5.70. The van der Waals surface area contributed by atoms with E-state index in [0.717, 1.165) is 22.8 Å². The average molecular weight is 321 g/mol. The van der Waals surface area contributed by atoms with E-state index in [1.165, 1.54) is 0 Å². The fourth-order valence-electron chi connectivity index (χ4n) is 2.48. The molecule has 3 heterocycles. The largest absolute Gasteiger partial charge is 0.346 e. The fraction of sp³-hybridized carbons (Fsp3) is 0.222. The van der Waals surface area contributed by atoms with Crippen molar-refractivity contribution < 1.29 is 4.79 Å². The van der Waals surface area contributed by atoms with Gasteiger partial charge in [-0.05, 0) is 51.1 Å². The van der Waals surface area contributed by atoms with Crippen LogP contribution in [-0.2, 0) is 6.54 Å². The minimum absolute atomic E-state index is 0.175. The maximum absolute atomic E-state index is 12.2. The van der Waals surface area contributed by atoms with Crippen LogP contribution in [0.15, 0.2) is 42.6 Å².